The molecule has 0 aromatic carbocycles. The first-order valence-corrected chi connectivity index (χ1v) is 5.18. The van der Waals surface area contributed by atoms with Crippen LogP contribution in [0.5, 0.6) is 0 Å². The molecule has 2 nitrogen and oxygen atoms in total. The lowest BCUT2D eigenvalue weighted by Gasteiger charge is -2.15. The van der Waals surface area contributed by atoms with Crippen molar-refractivity contribution in [3.05, 3.63) is 0 Å². The van der Waals surface area contributed by atoms with Gasteiger partial charge in [0, 0.05) is 6.54 Å². The predicted octanol–water partition coefficient (Wildman–Crippen LogP) is 2.37. The van der Waals surface area contributed by atoms with Gasteiger partial charge in [0.15, 0.2) is 0 Å². The van der Waals surface area contributed by atoms with Crippen LogP contribution in [0, 0.1) is 0 Å². The Balaban J connectivity index is -0.000000175. The van der Waals surface area contributed by atoms with Gasteiger partial charge in [-0.1, -0.05) is 41.5 Å². The summed E-state index contributed by atoms with van der Waals surface area (Å²) >= 11 is 0. The van der Waals surface area contributed by atoms with Crippen LogP contribution < -0.4 is 0 Å². The van der Waals surface area contributed by atoms with Gasteiger partial charge in [-0.05, 0) is 13.1 Å². The third-order valence-corrected chi connectivity index (χ3v) is 1.31. The Hall–Kier alpha value is -0.0800. The van der Waals surface area contributed by atoms with E-state index in [1.54, 1.807) is 0 Å². The van der Waals surface area contributed by atoms with E-state index in [0.717, 1.165) is 19.6 Å². The predicted molar refractivity (Wildman–Crippen MR) is 57.6 cm³/mol. The third-order valence-electron chi connectivity index (χ3n) is 1.31. The molecule has 1 N–H and O–H groups in total. The molecule has 0 radical (unpaired) electrons. The number of hydrogen-bond donors (Lipinski definition) is 1. The molecule has 0 aliphatic heterocycles. The second-order valence-corrected chi connectivity index (χ2v) is 1.75. The summed E-state index contributed by atoms with van der Waals surface area (Å²) in [7, 11) is 0. The molecule has 0 saturated carbocycles. The number of hydrogen-bond acceptors (Lipinski definition) is 2. The number of aliphatic hydroxyl groups is 1. The minimum Gasteiger partial charge on any atom is -0.395 e. The SMILES string of the molecule is CC.CC.CCN(CC)CCO. The zero-order valence-electron chi connectivity index (χ0n) is 9.72. The molecule has 0 aliphatic rings. The van der Waals surface area contributed by atoms with Crippen molar-refractivity contribution in [1.29, 1.82) is 0 Å². The fourth-order valence-electron chi connectivity index (χ4n) is 0.681. The Labute approximate surface area is 78.6 Å². The Kier molecular flexibility index (Phi) is 33.4. The molecule has 0 spiro atoms. The first kappa shape index (κ1) is 17.9. The van der Waals surface area contributed by atoms with Gasteiger partial charge in [0.1, 0.15) is 0 Å². The summed E-state index contributed by atoms with van der Waals surface area (Å²) in [6.07, 6.45) is 0. The van der Waals surface area contributed by atoms with Crippen molar-refractivity contribution in [2.24, 2.45) is 0 Å². The average molecular weight is 177 g/mol. The lowest BCUT2D eigenvalue weighted by atomic mass is 10.5. The van der Waals surface area contributed by atoms with Gasteiger partial charge in [0.05, 0.1) is 6.61 Å². The topological polar surface area (TPSA) is 23.5 Å². The average Bonchev–Trinajstić information content (AvgIpc) is 2.20. The number of aliphatic hydroxyl groups excluding tert-OH is 1. The molecule has 0 saturated heterocycles. The van der Waals surface area contributed by atoms with Crippen molar-refractivity contribution in [2.45, 2.75) is 41.5 Å². The maximum Gasteiger partial charge on any atom is 0.0558 e. The highest BCUT2D eigenvalue weighted by molar-refractivity contribution is 4.47. The van der Waals surface area contributed by atoms with Crippen molar-refractivity contribution in [3.63, 3.8) is 0 Å². The third kappa shape index (κ3) is 16.5. The lowest BCUT2D eigenvalue weighted by Crippen LogP contribution is -2.25. The van der Waals surface area contributed by atoms with Crippen LogP contribution in [0.3, 0.4) is 0 Å². The van der Waals surface area contributed by atoms with E-state index in [2.05, 4.69) is 18.7 Å². The Morgan fingerprint density at radius 1 is 0.917 bits per heavy atom. The first-order chi connectivity index (χ1) is 5.85. The summed E-state index contributed by atoms with van der Waals surface area (Å²) in [6, 6.07) is 0. The quantitative estimate of drug-likeness (QED) is 0.712. The molecule has 0 bridgehead atoms. The minimum absolute atomic E-state index is 0.279. The Morgan fingerprint density at radius 2 is 1.25 bits per heavy atom. The smallest absolute Gasteiger partial charge is 0.0558 e. The van der Waals surface area contributed by atoms with Gasteiger partial charge in [-0.25, -0.2) is 0 Å². The van der Waals surface area contributed by atoms with Gasteiger partial charge in [-0.3, -0.25) is 0 Å². The molecular formula is C10H27NO. The highest BCUT2D eigenvalue weighted by atomic mass is 16.3. The minimum atomic E-state index is 0.279. The van der Waals surface area contributed by atoms with E-state index < -0.39 is 0 Å². The molecule has 78 valence electrons. The molecule has 0 fully saturated rings. The van der Waals surface area contributed by atoms with E-state index in [1.807, 2.05) is 27.7 Å². The molecule has 0 amide bonds. The van der Waals surface area contributed by atoms with Crippen molar-refractivity contribution >= 4 is 0 Å². The first-order valence-electron chi connectivity index (χ1n) is 5.18. The zero-order valence-corrected chi connectivity index (χ0v) is 9.72. The molecular weight excluding hydrogens is 150 g/mol. The molecule has 0 rings (SSSR count). The fourth-order valence-corrected chi connectivity index (χ4v) is 0.681. The van der Waals surface area contributed by atoms with Crippen molar-refractivity contribution in [2.75, 3.05) is 26.2 Å². The van der Waals surface area contributed by atoms with Gasteiger partial charge in [0.25, 0.3) is 0 Å². The number of likely N-dealkylation sites (N-methyl/N-ethyl adjacent to an activating group) is 1. The second kappa shape index (κ2) is 22.4. The van der Waals surface area contributed by atoms with Crippen LogP contribution >= 0.6 is 0 Å². The molecule has 0 aliphatic carbocycles. The van der Waals surface area contributed by atoms with Gasteiger partial charge in [-0.15, -0.1) is 0 Å². The van der Waals surface area contributed by atoms with Crippen LogP contribution in [0.25, 0.3) is 0 Å². The van der Waals surface area contributed by atoms with Crippen LogP contribution in [-0.2, 0) is 0 Å². The largest absolute Gasteiger partial charge is 0.395 e. The maximum absolute atomic E-state index is 8.46. The Bertz CT molecular complexity index is 45.1. The van der Waals surface area contributed by atoms with Gasteiger partial charge >= 0.3 is 0 Å². The standard InChI is InChI=1S/C6H15NO.2C2H6/c1-3-7(4-2)5-6-8;2*1-2/h8H,3-6H2,1-2H3;2*1-2H3. The molecule has 0 heterocycles. The Morgan fingerprint density at radius 3 is 1.33 bits per heavy atom. The van der Waals surface area contributed by atoms with Crippen LogP contribution in [0.4, 0.5) is 0 Å². The summed E-state index contributed by atoms with van der Waals surface area (Å²) in [6.45, 7) is 15.4. The van der Waals surface area contributed by atoms with Crippen LogP contribution in [0.15, 0.2) is 0 Å². The van der Waals surface area contributed by atoms with Crippen molar-refractivity contribution in [1.82, 2.24) is 4.90 Å². The molecule has 0 aromatic rings. The van der Waals surface area contributed by atoms with E-state index in [0.29, 0.717) is 0 Å². The summed E-state index contributed by atoms with van der Waals surface area (Å²) in [5.74, 6) is 0. The molecule has 2 heteroatoms. The molecule has 12 heavy (non-hydrogen) atoms. The van der Waals surface area contributed by atoms with Gasteiger partial charge < -0.3 is 10.0 Å². The van der Waals surface area contributed by atoms with Crippen molar-refractivity contribution in [3.8, 4) is 0 Å². The lowest BCUT2D eigenvalue weighted by molar-refractivity contribution is 0.208. The van der Waals surface area contributed by atoms with E-state index in [4.69, 9.17) is 5.11 Å². The molecule has 0 unspecified atom stereocenters. The van der Waals surface area contributed by atoms with Gasteiger partial charge in [-0.2, -0.15) is 0 Å². The van der Waals surface area contributed by atoms with Crippen LogP contribution in [0.2, 0.25) is 0 Å². The number of rotatable bonds is 4. The summed E-state index contributed by atoms with van der Waals surface area (Å²) in [5.41, 5.74) is 0. The molecule has 0 atom stereocenters. The normalized spacial score (nSPS) is 8.00. The van der Waals surface area contributed by atoms with E-state index in [1.165, 1.54) is 0 Å². The maximum atomic E-state index is 8.46. The van der Waals surface area contributed by atoms with E-state index >= 15 is 0 Å². The van der Waals surface area contributed by atoms with Crippen LogP contribution in [-0.4, -0.2) is 36.2 Å². The number of nitrogens with zero attached hydrogens (tertiary/aromatic N) is 1. The van der Waals surface area contributed by atoms with Gasteiger partial charge in [0.2, 0.25) is 0 Å². The van der Waals surface area contributed by atoms with Crippen molar-refractivity contribution < 1.29 is 5.11 Å². The van der Waals surface area contributed by atoms with E-state index in [9.17, 15) is 0 Å². The highest BCUT2D eigenvalue weighted by Crippen LogP contribution is 1.82. The van der Waals surface area contributed by atoms with Crippen LogP contribution in [0.1, 0.15) is 41.5 Å². The fraction of sp³-hybridized carbons (Fsp3) is 1.00. The second-order valence-electron chi connectivity index (χ2n) is 1.75. The monoisotopic (exact) mass is 177 g/mol. The summed E-state index contributed by atoms with van der Waals surface area (Å²) in [4.78, 5) is 2.18. The summed E-state index contributed by atoms with van der Waals surface area (Å²) < 4.78 is 0. The summed E-state index contributed by atoms with van der Waals surface area (Å²) in [5, 5.41) is 8.46. The zero-order chi connectivity index (χ0) is 10.4. The van der Waals surface area contributed by atoms with E-state index in [-0.39, 0.29) is 6.61 Å². The molecule has 0 aromatic heterocycles. The highest BCUT2D eigenvalue weighted by Gasteiger charge is 1.93.